The van der Waals surface area contributed by atoms with Gasteiger partial charge in [-0.15, -0.1) is 11.8 Å². The van der Waals surface area contributed by atoms with E-state index in [0.717, 1.165) is 41.8 Å². The Hall–Kier alpha value is -2.21. The smallest absolute Gasteiger partial charge is 0.416 e. The van der Waals surface area contributed by atoms with Crippen molar-refractivity contribution < 1.29 is 9.53 Å². The summed E-state index contributed by atoms with van der Waals surface area (Å²) in [5.41, 5.74) is 1.76. The van der Waals surface area contributed by atoms with E-state index in [4.69, 9.17) is 9.72 Å². The van der Waals surface area contributed by atoms with Crippen LogP contribution in [0.4, 0.5) is 16.3 Å². The summed E-state index contributed by atoms with van der Waals surface area (Å²) in [4.78, 5) is 21.8. The minimum Gasteiger partial charge on any atom is -0.443 e. The first-order valence-electron chi connectivity index (χ1n) is 9.36. The Balaban J connectivity index is 1.60. The lowest BCUT2D eigenvalue weighted by Gasteiger charge is -2.36. The minimum atomic E-state index is -0.521. The maximum atomic E-state index is 12.9. The first-order chi connectivity index (χ1) is 12.9. The van der Waals surface area contributed by atoms with Crippen LogP contribution in [0.2, 0.25) is 0 Å². The molecule has 0 saturated carbocycles. The maximum Gasteiger partial charge on any atom is 0.416 e. The van der Waals surface area contributed by atoms with Crippen molar-refractivity contribution in [3.63, 3.8) is 0 Å². The van der Waals surface area contributed by atoms with E-state index >= 15 is 0 Å². The van der Waals surface area contributed by atoms with Gasteiger partial charge in [-0.25, -0.2) is 9.78 Å². The highest BCUT2D eigenvalue weighted by atomic mass is 32.2. The van der Waals surface area contributed by atoms with Crippen LogP contribution >= 0.6 is 11.8 Å². The standard InChI is InChI=1S/C21H25N3O2S/c1-21(2,3)26-20(25)24-16-11-12-23(13-16)17-9-10-18(22-19(17)24)27-14-15-7-5-4-6-8-15/h4-10,16H,11-14H2,1-3H3. The number of carbonyl (C=O) groups is 1. The van der Waals surface area contributed by atoms with E-state index in [1.807, 2.05) is 39.0 Å². The van der Waals surface area contributed by atoms with Gasteiger partial charge in [-0.2, -0.15) is 0 Å². The van der Waals surface area contributed by atoms with Gasteiger partial charge in [-0.05, 0) is 44.9 Å². The maximum absolute atomic E-state index is 12.9. The fraction of sp³-hybridized carbons (Fsp3) is 0.429. The van der Waals surface area contributed by atoms with Gasteiger partial charge in [-0.3, -0.25) is 4.90 Å². The zero-order valence-corrected chi connectivity index (χ0v) is 16.8. The third-order valence-corrected chi connectivity index (χ3v) is 5.75. The molecule has 0 spiro atoms. The van der Waals surface area contributed by atoms with Gasteiger partial charge in [0.05, 0.1) is 16.8 Å². The van der Waals surface area contributed by atoms with Crippen LogP contribution in [0.1, 0.15) is 32.8 Å². The molecule has 27 heavy (non-hydrogen) atoms. The Morgan fingerprint density at radius 3 is 2.74 bits per heavy atom. The first-order valence-corrected chi connectivity index (χ1v) is 10.3. The highest BCUT2D eigenvalue weighted by molar-refractivity contribution is 7.98. The van der Waals surface area contributed by atoms with Crippen LogP contribution in [0.5, 0.6) is 0 Å². The van der Waals surface area contributed by atoms with Crippen LogP contribution in [0.15, 0.2) is 47.5 Å². The molecule has 2 aliphatic heterocycles. The lowest BCUT2D eigenvalue weighted by molar-refractivity contribution is 0.0565. The third kappa shape index (κ3) is 3.90. The number of nitrogens with zero attached hydrogens (tertiary/aromatic N) is 3. The summed E-state index contributed by atoms with van der Waals surface area (Å²) in [6, 6.07) is 14.6. The van der Waals surface area contributed by atoms with Crippen LogP contribution in [-0.4, -0.2) is 35.8 Å². The third-order valence-electron chi connectivity index (χ3n) is 4.75. The second-order valence-corrected chi connectivity index (χ2v) is 9.00. The molecule has 5 nitrogen and oxygen atoms in total. The molecule has 1 saturated heterocycles. The van der Waals surface area contributed by atoms with Gasteiger partial charge >= 0.3 is 6.09 Å². The second kappa shape index (κ2) is 7.08. The van der Waals surface area contributed by atoms with E-state index in [9.17, 15) is 4.79 Å². The van der Waals surface area contributed by atoms with Gasteiger partial charge in [0, 0.05) is 18.8 Å². The summed E-state index contributed by atoms with van der Waals surface area (Å²) in [7, 11) is 0. The van der Waals surface area contributed by atoms with Crippen molar-refractivity contribution in [2.45, 2.75) is 49.6 Å². The van der Waals surface area contributed by atoms with Crippen molar-refractivity contribution in [1.82, 2.24) is 4.98 Å². The van der Waals surface area contributed by atoms with Gasteiger partial charge in [0.15, 0.2) is 5.82 Å². The molecule has 1 amide bonds. The molecule has 1 fully saturated rings. The van der Waals surface area contributed by atoms with Crippen LogP contribution in [0, 0.1) is 0 Å². The second-order valence-electron chi connectivity index (χ2n) is 8.01. The SMILES string of the molecule is CC(C)(C)OC(=O)N1c2nc(SCc3ccccc3)ccc2N2CCC1C2. The Kier molecular flexibility index (Phi) is 4.76. The zero-order valence-electron chi connectivity index (χ0n) is 16.0. The van der Waals surface area contributed by atoms with E-state index in [-0.39, 0.29) is 12.1 Å². The molecule has 6 heteroatoms. The number of thioether (sulfide) groups is 1. The molecule has 1 atom stereocenters. The number of anilines is 2. The molecule has 1 unspecified atom stereocenters. The summed E-state index contributed by atoms with van der Waals surface area (Å²) < 4.78 is 5.68. The molecule has 142 valence electrons. The number of hydrogen-bond acceptors (Lipinski definition) is 5. The molecule has 4 rings (SSSR count). The monoisotopic (exact) mass is 383 g/mol. The predicted molar refractivity (Wildman–Crippen MR) is 110 cm³/mol. The molecule has 2 aliphatic rings. The number of hydrogen-bond donors (Lipinski definition) is 0. The number of ether oxygens (including phenoxy) is 1. The van der Waals surface area contributed by atoms with Crippen LogP contribution in [-0.2, 0) is 10.5 Å². The fourth-order valence-corrected chi connectivity index (χ4v) is 4.37. The molecule has 0 N–H and O–H groups in total. The van der Waals surface area contributed by atoms with Crippen molar-refractivity contribution in [3.8, 4) is 0 Å². The van der Waals surface area contributed by atoms with Gasteiger partial charge in [0.2, 0.25) is 0 Å². The predicted octanol–water partition coefficient (Wildman–Crippen LogP) is 4.71. The number of benzene rings is 1. The van der Waals surface area contributed by atoms with E-state index in [2.05, 4.69) is 29.2 Å². The number of carbonyl (C=O) groups excluding carboxylic acids is 1. The fourth-order valence-electron chi connectivity index (χ4n) is 3.55. The molecule has 1 aromatic heterocycles. The van der Waals surface area contributed by atoms with E-state index in [1.165, 1.54) is 5.56 Å². The highest BCUT2D eigenvalue weighted by Crippen LogP contribution is 2.40. The van der Waals surface area contributed by atoms with Crippen molar-refractivity contribution in [3.05, 3.63) is 48.0 Å². The number of amides is 1. The Morgan fingerprint density at radius 1 is 1.22 bits per heavy atom. The number of aromatic nitrogens is 1. The highest BCUT2D eigenvalue weighted by Gasteiger charge is 2.41. The molecule has 1 aromatic carbocycles. The number of pyridine rings is 1. The Bertz CT molecular complexity index is 835. The molecule has 2 aromatic rings. The van der Waals surface area contributed by atoms with Gasteiger partial charge in [0.1, 0.15) is 5.60 Å². The van der Waals surface area contributed by atoms with Gasteiger partial charge < -0.3 is 9.64 Å². The summed E-state index contributed by atoms with van der Waals surface area (Å²) in [6.45, 7) is 7.50. The quantitative estimate of drug-likeness (QED) is 0.719. The first kappa shape index (κ1) is 18.2. The average molecular weight is 384 g/mol. The summed E-state index contributed by atoms with van der Waals surface area (Å²) in [5.74, 6) is 1.59. The normalized spacial score (nSPS) is 18.4. The largest absolute Gasteiger partial charge is 0.443 e. The van der Waals surface area contributed by atoms with Crippen molar-refractivity contribution >= 4 is 29.4 Å². The summed E-state index contributed by atoms with van der Waals surface area (Å²) >= 11 is 1.69. The minimum absolute atomic E-state index is 0.134. The molecular weight excluding hydrogens is 358 g/mol. The van der Waals surface area contributed by atoms with Crippen molar-refractivity contribution in [1.29, 1.82) is 0 Å². The topological polar surface area (TPSA) is 45.7 Å². The summed E-state index contributed by atoms with van der Waals surface area (Å²) in [5, 5.41) is 0.925. The Morgan fingerprint density at radius 2 is 2.00 bits per heavy atom. The lowest BCUT2D eigenvalue weighted by Crippen LogP contribution is -2.48. The number of rotatable bonds is 3. The molecule has 0 radical (unpaired) electrons. The van der Waals surface area contributed by atoms with Crippen LogP contribution < -0.4 is 9.80 Å². The van der Waals surface area contributed by atoms with Crippen molar-refractivity contribution in [2.75, 3.05) is 22.9 Å². The summed E-state index contributed by atoms with van der Waals surface area (Å²) in [6.07, 6.45) is 0.648. The van der Waals surface area contributed by atoms with E-state index in [1.54, 1.807) is 16.7 Å². The van der Waals surface area contributed by atoms with Crippen LogP contribution in [0.25, 0.3) is 0 Å². The average Bonchev–Trinajstić information content (AvgIpc) is 3.03. The van der Waals surface area contributed by atoms with E-state index in [0.29, 0.717) is 0 Å². The Labute approximate surface area is 164 Å². The molecule has 2 bridgehead atoms. The van der Waals surface area contributed by atoms with Gasteiger partial charge in [0.25, 0.3) is 0 Å². The molecule has 0 aliphatic carbocycles. The van der Waals surface area contributed by atoms with Gasteiger partial charge in [-0.1, -0.05) is 30.3 Å². The van der Waals surface area contributed by atoms with Crippen molar-refractivity contribution in [2.24, 2.45) is 0 Å². The lowest BCUT2D eigenvalue weighted by atomic mass is 10.2. The zero-order chi connectivity index (χ0) is 19.0. The molecular formula is C21H25N3O2S. The molecule has 3 heterocycles. The van der Waals surface area contributed by atoms with E-state index < -0.39 is 5.60 Å². The number of fused-ring (bicyclic) bond motifs is 4. The van der Waals surface area contributed by atoms with Crippen LogP contribution in [0.3, 0.4) is 0 Å².